The van der Waals surface area contributed by atoms with Crippen molar-refractivity contribution in [1.82, 2.24) is 5.32 Å². The molecule has 8 heteroatoms. The van der Waals surface area contributed by atoms with E-state index in [0.717, 1.165) is 10.1 Å². The van der Waals surface area contributed by atoms with Gasteiger partial charge in [0.1, 0.15) is 12.3 Å². The second-order valence-corrected chi connectivity index (χ2v) is 11.0. The molecule has 0 saturated heterocycles. The number of nitrogens with zero attached hydrogens (tertiary/aromatic N) is 1. The van der Waals surface area contributed by atoms with Gasteiger partial charge in [0.15, 0.2) is 0 Å². The molecule has 1 aliphatic carbocycles. The van der Waals surface area contributed by atoms with Gasteiger partial charge in [-0.25, -0.2) is 8.42 Å². The van der Waals surface area contributed by atoms with Gasteiger partial charge in [-0.15, -0.1) is 0 Å². The summed E-state index contributed by atoms with van der Waals surface area (Å²) >= 11 is 1.90. The van der Waals surface area contributed by atoms with Crippen molar-refractivity contribution >= 4 is 33.4 Å². The Kier molecular flexibility index (Phi) is 9.29. The van der Waals surface area contributed by atoms with Gasteiger partial charge in [-0.1, -0.05) is 49.6 Å². The smallest absolute Gasteiger partial charge is 0.264 e. The highest BCUT2D eigenvalue weighted by Crippen LogP contribution is 2.32. The highest BCUT2D eigenvalue weighted by atomic mass is 32.2. The lowest BCUT2D eigenvalue weighted by Crippen LogP contribution is -2.41. The maximum absolute atomic E-state index is 13.4. The lowest BCUT2D eigenvalue weighted by Gasteiger charge is -2.26. The number of carbonyl (C=O) groups is 1. The normalized spacial score (nSPS) is 14.7. The van der Waals surface area contributed by atoms with Gasteiger partial charge >= 0.3 is 0 Å². The molecule has 0 radical (unpaired) electrons. The summed E-state index contributed by atoms with van der Waals surface area (Å²) in [6.07, 6.45) is 6.39. The molecule has 6 nitrogen and oxygen atoms in total. The van der Waals surface area contributed by atoms with E-state index >= 15 is 0 Å². The molecule has 0 heterocycles. The van der Waals surface area contributed by atoms with Crippen molar-refractivity contribution in [3.8, 4) is 5.75 Å². The molecule has 32 heavy (non-hydrogen) atoms. The molecule has 1 amide bonds. The minimum Gasteiger partial charge on any atom is -0.492 e. The van der Waals surface area contributed by atoms with Crippen molar-refractivity contribution in [3.63, 3.8) is 0 Å². The molecule has 0 aromatic heterocycles. The quantitative estimate of drug-likeness (QED) is 0.485. The van der Waals surface area contributed by atoms with Crippen LogP contribution in [-0.2, 0) is 14.8 Å². The average molecular weight is 477 g/mol. The molecular formula is C24H32N2O4S2. The Morgan fingerprint density at radius 3 is 2.47 bits per heavy atom. The zero-order chi connectivity index (χ0) is 22.8. The fraction of sp³-hybridized carbons (Fsp3) is 0.458. The van der Waals surface area contributed by atoms with Crippen LogP contribution in [0.15, 0.2) is 59.5 Å². The fourth-order valence-electron chi connectivity index (χ4n) is 3.79. The molecule has 0 bridgehead atoms. The maximum Gasteiger partial charge on any atom is 0.264 e. The van der Waals surface area contributed by atoms with Crippen molar-refractivity contribution < 1.29 is 17.9 Å². The summed E-state index contributed by atoms with van der Waals surface area (Å²) in [6.45, 7) is 2.44. The van der Waals surface area contributed by atoms with Gasteiger partial charge in [-0.3, -0.25) is 9.10 Å². The SMILES string of the molecule is CCOc1ccccc1N(CC(=O)NCCSC1CCCCC1)S(=O)(=O)c1ccccc1. The number of rotatable bonds is 11. The molecule has 1 saturated carbocycles. The van der Waals surface area contributed by atoms with Crippen LogP contribution in [0.4, 0.5) is 5.69 Å². The number of amides is 1. The van der Waals surface area contributed by atoms with E-state index in [1.54, 1.807) is 42.5 Å². The Hall–Kier alpha value is -2.19. The highest BCUT2D eigenvalue weighted by molar-refractivity contribution is 7.99. The average Bonchev–Trinajstić information content (AvgIpc) is 2.82. The minimum absolute atomic E-state index is 0.131. The highest BCUT2D eigenvalue weighted by Gasteiger charge is 2.29. The predicted octanol–water partition coefficient (Wildman–Crippen LogP) is 4.46. The summed E-state index contributed by atoms with van der Waals surface area (Å²) < 4.78 is 33.7. The van der Waals surface area contributed by atoms with Crippen molar-refractivity contribution in [2.24, 2.45) is 0 Å². The molecule has 1 aliphatic rings. The molecule has 2 aromatic rings. The summed E-state index contributed by atoms with van der Waals surface area (Å²) in [6, 6.07) is 15.1. The van der Waals surface area contributed by atoms with Crippen molar-refractivity contribution in [3.05, 3.63) is 54.6 Å². The standard InChI is InChI=1S/C24H32N2O4S2/c1-2-30-23-16-10-9-15-22(23)26(32(28,29)21-13-7-4-8-14-21)19-24(27)25-17-18-31-20-11-5-3-6-12-20/h4,7-10,13-16,20H,2-3,5-6,11-12,17-19H2,1H3,(H,25,27). The molecule has 0 aliphatic heterocycles. The van der Waals surface area contributed by atoms with Gasteiger partial charge in [0.05, 0.1) is 17.2 Å². The van der Waals surface area contributed by atoms with Crippen molar-refractivity contribution in [2.75, 3.05) is 29.8 Å². The number of thioether (sulfide) groups is 1. The van der Waals surface area contributed by atoms with Crippen LogP contribution in [0.1, 0.15) is 39.0 Å². The van der Waals surface area contributed by atoms with Crippen LogP contribution in [0.2, 0.25) is 0 Å². The number of hydrogen-bond acceptors (Lipinski definition) is 5. The Bertz CT molecular complexity index is 961. The van der Waals surface area contributed by atoms with E-state index in [1.165, 1.54) is 44.2 Å². The van der Waals surface area contributed by atoms with Gasteiger partial charge in [0.2, 0.25) is 5.91 Å². The molecule has 2 aromatic carbocycles. The molecule has 0 unspecified atom stereocenters. The predicted molar refractivity (Wildman–Crippen MR) is 131 cm³/mol. The number of carbonyl (C=O) groups excluding carboxylic acids is 1. The number of nitrogens with one attached hydrogen (secondary N) is 1. The summed E-state index contributed by atoms with van der Waals surface area (Å²) in [5.74, 6) is 0.924. The van der Waals surface area contributed by atoms with Crippen LogP contribution < -0.4 is 14.4 Å². The van der Waals surface area contributed by atoms with Gasteiger partial charge in [-0.05, 0) is 44.0 Å². The van der Waals surface area contributed by atoms with Crippen molar-refractivity contribution in [2.45, 2.75) is 49.2 Å². The molecular weight excluding hydrogens is 444 g/mol. The molecule has 174 valence electrons. The van der Waals surface area contributed by atoms with E-state index in [9.17, 15) is 13.2 Å². The third kappa shape index (κ3) is 6.65. The fourth-order valence-corrected chi connectivity index (χ4v) is 6.47. The monoisotopic (exact) mass is 476 g/mol. The van der Waals surface area contributed by atoms with E-state index in [-0.39, 0.29) is 17.3 Å². The largest absolute Gasteiger partial charge is 0.492 e. The van der Waals surface area contributed by atoms with Crippen LogP contribution in [0.5, 0.6) is 5.75 Å². The van der Waals surface area contributed by atoms with E-state index in [4.69, 9.17) is 4.74 Å². The second-order valence-electron chi connectivity index (χ2n) is 7.71. The molecule has 1 N–H and O–H groups in total. The van der Waals surface area contributed by atoms with E-state index in [0.29, 0.717) is 29.8 Å². The van der Waals surface area contributed by atoms with E-state index < -0.39 is 10.0 Å². The van der Waals surface area contributed by atoms with Gasteiger partial charge in [0, 0.05) is 17.5 Å². The third-order valence-electron chi connectivity index (χ3n) is 5.38. The minimum atomic E-state index is -3.95. The molecule has 1 fully saturated rings. The zero-order valence-corrected chi connectivity index (χ0v) is 20.2. The number of para-hydroxylation sites is 2. The van der Waals surface area contributed by atoms with Crippen LogP contribution in [-0.4, -0.2) is 45.0 Å². The first-order valence-electron chi connectivity index (χ1n) is 11.2. The number of sulfonamides is 1. The van der Waals surface area contributed by atoms with E-state index in [2.05, 4.69) is 5.32 Å². The molecule has 3 rings (SSSR count). The Labute approximate surface area is 195 Å². The number of benzene rings is 2. The summed E-state index contributed by atoms with van der Waals surface area (Å²) in [4.78, 5) is 12.9. The van der Waals surface area contributed by atoms with Crippen molar-refractivity contribution in [1.29, 1.82) is 0 Å². The maximum atomic E-state index is 13.4. The Morgan fingerprint density at radius 1 is 1.06 bits per heavy atom. The van der Waals surface area contributed by atoms with Crippen LogP contribution in [0, 0.1) is 0 Å². The van der Waals surface area contributed by atoms with Gasteiger partial charge in [0.25, 0.3) is 10.0 Å². The Morgan fingerprint density at radius 2 is 1.75 bits per heavy atom. The lowest BCUT2D eigenvalue weighted by atomic mass is 10.0. The number of hydrogen-bond donors (Lipinski definition) is 1. The first-order valence-corrected chi connectivity index (χ1v) is 13.7. The lowest BCUT2D eigenvalue weighted by molar-refractivity contribution is -0.119. The summed E-state index contributed by atoms with van der Waals surface area (Å²) in [5.41, 5.74) is 0.352. The second kappa shape index (κ2) is 12.2. The van der Waals surface area contributed by atoms with Crippen LogP contribution in [0.25, 0.3) is 0 Å². The summed E-state index contributed by atoms with van der Waals surface area (Å²) in [5, 5.41) is 3.57. The molecule has 0 spiro atoms. The number of anilines is 1. The first-order chi connectivity index (χ1) is 15.5. The van der Waals surface area contributed by atoms with Gasteiger partial charge < -0.3 is 10.1 Å². The molecule has 0 atom stereocenters. The van der Waals surface area contributed by atoms with Crippen LogP contribution in [0.3, 0.4) is 0 Å². The summed E-state index contributed by atoms with van der Waals surface area (Å²) in [7, 11) is -3.95. The first kappa shape index (κ1) is 24.5. The number of ether oxygens (including phenoxy) is 1. The van der Waals surface area contributed by atoms with E-state index in [1.807, 2.05) is 18.7 Å². The van der Waals surface area contributed by atoms with Gasteiger partial charge in [-0.2, -0.15) is 11.8 Å². The third-order valence-corrected chi connectivity index (χ3v) is 8.54. The zero-order valence-electron chi connectivity index (χ0n) is 18.5. The van der Waals surface area contributed by atoms with Crippen LogP contribution >= 0.6 is 11.8 Å². The Balaban J connectivity index is 1.72. The topological polar surface area (TPSA) is 75.7 Å².